The summed E-state index contributed by atoms with van der Waals surface area (Å²) in [5.41, 5.74) is 1.20. The lowest BCUT2D eigenvalue weighted by atomic mass is 10.1. The summed E-state index contributed by atoms with van der Waals surface area (Å²) in [5, 5.41) is 10.0. The molecule has 0 aliphatic carbocycles. The van der Waals surface area contributed by atoms with Gasteiger partial charge in [-0.2, -0.15) is 0 Å². The van der Waals surface area contributed by atoms with Crippen LogP contribution in [0.1, 0.15) is 16.8 Å². The summed E-state index contributed by atoms with van der Waals surface area (Å²) in [6.45, 7) is 0. The summed E-state index contributed by atoms with van der Waals surface area (Å²) >= 11 is 6.94. The number of benzene rings is 1. The molecular formula is C9H10Br2O. The number of aromatic hydroxyl groups is 1. The fourth-order valence-corrected chi connectivity index (χ4v) is 2.55. The second-order valence-electron chi connectivity index (χ2n) is 2.54. The standard InChI is InChI=1S/C9H10Br2O/c10-6-5-9(11)7-1-3-8(12)4-2-7/h1-4,9,12H,5-6H2. The van der Waals surface area contributed by atoms with Crippen molar-refractivity contribution in [3.05, 3.63) is 29.8 Å². The predicted molar refractivity (Wildman–Crippen MR) is 58.2 cm³/mol. The second kappa shape index (κ2) is 4.87. The maximum Gasteiger partial charge on any atom is 0.115 e. The maximum absolute atomic E-state index is 9.04. The van der Waals surface area contributed by atoms with Crippen LogP contribution in [0.15, 0.2) is 24.3 Å². The Balaban J connectivity index is 2.68. The van der Waals surface area contributed by atoms with Crippen LogP contribution in [0.2, 0.25) is 0 Å². The number of rotatable bonds is 3. The van der Waals surface area contributed by atoms with Crippen LogP contribution in [0, 0.1) is 0 Å². The molecule has 66 valence electrons. The quantitative estimate of drug-likeness (QED) is 0.844. The molecule has 0 saturated heterocycles. The van der Waals surface area contributed by atoms with E-state index in [0.717, 1.165) is 11.8 Å². The van der Waals surface area contributed by atoms with Gasteiger partial charge in [-0.15, -0.1) is 0 Å². The fraction of sp³-hybridized carbons (Fsp3) is 0.333. The molecule has 1 atom stereocenters. The average molecular weight is 294 g/mol. The van der Waals surface area contributed by atoms with Gasteiger partial charge in [-0.05, 0) is 24.1 Å². The Bertz CT molecular complexity index is 233. The van der Waals surface area contributed by atoms with Crippen molar-refractivity contribution in [3.63, 3.8) is 0 Å². The number of phenolic OH excluding ortho intramolecular Hbond substituents is 1. The van der Waals surface area contributed by atoms with Gasteiger partial charge in [-0.3, -0.25) is 0 Å². The molecule has 1 unspecified atom stereocenters. The van der Waals surface area contributed by atoms with Crippen molar-refractivity contribution in [2.45, 2.75) is 11.2 Å². The van der Waals surface area contributed by atoms with Gasteiger partial charge in [0.05, 0.1) is 0 Å². The third kappa shape index (κ3) is 2.79. The molecule has 0 radical (unpaired) electrons. The smallest absolute Gasteiger partial charge is 0.115 e. The average Bonchev–Trinajstić information content (AvgIpc) is 2.06. The van der Waals surface area contributed by atoms with E-state index >= 15 is 0 Å². The second-order valence-corrected chi connectivity index (χ2v) is 4.44. The highest BCUT2D eigenvalue weighted by Gasteiger charge is 2.05. The maximum atomic E-state index is 9.04. The molecule has 1 nitrogen and oxygen atoms in total. The van der Waals surface area contributed by atoms with Gasteiger partial charge in [0.2, 0.25) is 0 Å². The number of alkyl halides is 2. The predicted octanol–water partition coefficient (Wildman–Crippen LogP) is 3.61. The zero-order valence-electron chi connectivity index (χ0n) is 6.50. The Kier molecular flexibility index (Phi) is 4.09. The van der Waals surface area contributed by atoms with Crippen LogP contribution in [0.25, 0.3) is 0 Å². The molecule has 0 aliphatic rings. The monoisotopic (exact) mass is 292 g/mol. The lowest BCUT2D eigenvalue weighted by Gasteiger charge is -2.07. The third-order valence-corrected chi connectivity index (χ3v) is 3.06. The van der Waals surface area contributed by atoms with Gasteiger partial charge in [0.25, 0.3) is 0 Å². The summed E-state index contributed by atoms with van der Waals surface area (Å²) < 4.78 is 0. The van der Waals surface area contributed by atoms with E-state index in [1.165, 1.54) is 5.56 Å². The Morgan fingerprint density at radius 1 is 1.25 bits per heavy atom. The molecule has 1 N–H and O–H groups in total. The van der Waals surface area contributed by atoms with Crippen molar-refractivity contribution in [2.75, 3.05) is 5.33 Å². The molecule has 0 spiro atoms. The third-order valence-electron chi connectivity index (χ3n) is 1.62. The number of hydrogen-bond acceptors (Lipinski definition) is 1. The van der Waals surface area contributed by atoms with Crippen molar-refractivity contribution >= 4 is 31.9 Å². The highest BCUT2D eigenvalue weighted by molar-refractivity contribution is 9.09. The summed E-state index contributed by atoms with van der Waals surface area (Å²) in [6, 6.07) is 7.27. The lowest BCUT2D eigenvalue weighted by molar-refractivity contribution is 0.475. The normalized spacial score (nSPS) is 12.8. The van der Waals surface area contributed by atoms with Gasteiger partial charge in [-0.1, -0.05) is 44.0 Å². The molecule has 1 rings (SSSR count). The van der Waals surface area contributed by atoms with Crippen molar-refractivity contribution < 1.29 is 5.11 Å². The van der Waals surface area contributed by atoms with Gasteiger partial charge >= 0.3 is 0 Å². The molecule has 0 bridgehead atoms. The first-order chi connectivity index (χ1) is 5.74. The van der Waals surface area contributed by atoms with Gasteiger partial charge in [-0.25, -0.2) is 0 Å². The van der Waals surface area contributed by atoms with Gasteiger partial charge in [0, 0.05) is 10.2 Å². The van der Waals surface area contributed by atoms with Gasteiger partial charge in [0.1, 0.15) is 5.75 Å². The van der Waals surface area contributed by atoms with Crippen LogP contribution in [0.3, 0.4) is 0 Å². The van der Waals surface area contributed by atoms with Crippen LogP contribution in [0.4, 0.5) is 0 Å². The van der Waals surface area contributed by atoms with Crippen LogP contribution >= 0.6 is 31.9 Å². The molecule has 3 heteroatoms. The van der Waals surface area contributed by atoms with E-state index in [1.54, 1.807) is 12.1 Å². The highest BCUT2D eigenvalue weighted by Crippen LogP contribution is 2.27. The summed E-state index contributed by atoms with van der Waals surface area (Å²) in [5.74, 6) is 0.317. The minimum atomic E-state index is 0.317. The summed E-state index contributed by atoms with van der Waals surface area (Å²) in [7, 11) is 0. The molecule has 0 saturated carbocycles. The largest absolute Gasteiger partial charge is 0.508 e. The Hall–Kier alpha value is -0.0200. The molecule has 0 fully saturated rings. The molecule has 1 aromatic rings. The summed E-state index contributed by atoms with van der Waals surface area (Å²) in [4.78, 5) is 0.373. The van der Waals surface area contributed by atoms with Gasteiger partial charge < -0.3 is 5.11 Å². The zero-order chi connectivity index (χ0) is 8.97. The first-order valence-corrected chi connectivity index (χ1v) is 5.76. The minimum Gasteiger partial charge on any atom is -0.508 e. The van der Waals surface area contributed by atoms with Crippen molar-refractivity contribution in [2.24, 2.45) is 0 Å². The molecule has 1 aromatic carbocycles. The molecule has 0 heterocycles. The topological polar surface area (TPSA) is 20.2 Å². The van der Waals surface area contributed by atoms with Crippen LogP contribution < -0.4 is 0 Å². The van der Waals surface area contributed by atoms with E-state index in [9.17, 15) is 0 Å². The van der Waals surface area contributed by atoms with E-state index in [4.69, 9.17) is 5.11 Å². The van der Waals surface area contributed by atoms with Crippen LogP contribution in [0.5, 0.6) is 5.75 Å². The minimum absolute atomic E-state index is 0.317. The van der Waals surface area contributed by atoms with Crippen molar-refractivity contribution in [1.82, 2.24) is 0 Å². The Morgan fingerprint density at radius 2 is 1.83 bits per heavy atom. The van der Waals surface area contributed by atoms with E-state index < -0.39 is 0 Å². The van der Waals surface area contributed by atoms with Crippen LogP contribution in [-0.2, 0) is 0 Å². The van der Waals surface area contributed by atoms with E-state index in [2.05, 4.69) is 31.9 Å². The van der Waals surface area contributed by atoms with Crippen LogP contribution in [-0.4, -0.2) is 10.4 Å². The first kappa shape index (κ1) is 10.1. The van der Waals surface area contributed by atoms with Crippen molar-refractivity contribution in [1.29, 1.82) is 0 Å². The Labute approximate surface area is 89.1 Å². The number of halogens is 2. The summed E-state index contributed by atoms with van der Waals surface area (Å²) in [6.07, 6.45) is 1.05. The molecule has 0 amide bonds. The fourth-order valence-electron chi connectivity index (χ4n) is 0.946. The van der Waals surface area contributed by atoms with E-state index in [0.29, 0.717) is 10.6 Å². The highest BCUT2D eigenvalue weighted by atomic mass is 79.9. The number of hydrogen-bond donors (Lipinski definition) is 1. The van der Waals surface area contributed by atoms with E-state index in [1.807, 2.05) is 12.1 Å². The molecule has 12 heavy (non-hydrogen) atoms. The zero-order valence-corrected chi connectivity index (χ0v) is 9.68. The van der Waals surface area contributed by atoms with Gasteiger partial charge in [0.15, 0.2) is 0 Å². The molecular weight excluding hydrogens is 284 g/mol. The lowest BCUT2D eigenvalue weighted by Crippen LogP contribution is -1.89. The number of phenols is 1. The molecule has 0 aromatic heterocycles. The van der Waals surface area contributed by atoms with E-state index in [-0.39, 0.29) is 0 Å². The van der Waals surface area contributed by atoms with Crippen molar-refractivity contribution in [3.8, 4) is 5.75 Å². The molecule has 0 aliphatic heterocycles. The Morgan fingerprint density at radius 3 is 2.33 bits per heavy atom. The SMILES string of the molecule is Oc1ccc(C(Br)CCBr)cc1. The first-order valence-electron chi connectivity index (χ1n) is 3.73.